The summed E-state index contributed by atoms with van der Waals surface area (Å²) in [6, 6.07) is 0. The molecule has 6 nitrogen and oxygen atoms in total. The molecule has 0 fully saturated rings. The lowest BCUT2D eigenvalue weighted by molar-refractivity contribution is -0.540. The maximum atomic E-state index is 6.68. The summed E-state index contributed by atoms with van der Waals surface area (Å²) in [5, 5.41) is 0. The van der Waals surface area contributed by atoms with E-state index in [4.69, 9.17) is 28.4 Å². The van der Waals surface area contributed by atoms with Crippen LogP contribution in [0.2, 0.25) is 0 Å². The monoisotopic (exact) mass is 518 g/mol. The van der Waals surface area contributed by atoms with Crippen molar-refractivity contribution in [3.8, 4) is 0 Å². The van der Waals surface area contributed by atoms with Crippen molar-refractivity contribution >= 4 is 0 Å². The van der Waals surface area contributed by atoms with Crippen LogP contribution in [-0.4, -0.2) is 50.1 Å². The summed E-state index contributed by atoms with van der Waals surface area (Å²) in [5.41, 5.74) is -0.578. The van der Waals surface area contributed by atoms with Crippen molar-refractivity contribution in [2.24, 2.45) is 0 Å². The molecule has 0 aliphatic rings. The van der Waals surface area contributed by atoms with Crippen LogP contribution < -0.4 is 0 Å². The Labute approximate surface area is 224 Å². The van der Waals surface area contributed by atoms with Gasteiger partial charge >= 0.3 is 5.97 Å². The number of rotatable bonds is 24. The molecule has 0 aliphatic heterocycles. The van der Waals surface area contributed by atoms with Gasteiger partial charge in [-0.05, 0) is 60.8 Å². The SMILES string of the molecule is CCCCCCCCCCC(OC)(OCCCC)C(OCC)(OC(C)(C)C)OC(C)(C)OCCCC. The van der Waals surface area contributed by atoms with Gasteiger partial charge in [0.15, 0.2) is 5.79 Å². The van der Waals surface area contributed by atoms with E-state index < -0.39 is 23.1 Å². The van der Waals surface area contributed by atoms with Crippen LogP contribution in [0.3, 0.4) is 0 Å². The summed E-state index contributed by atoms with van der Waals surface area (Å²) in [6.45, 7) is 19.8. The van der Waals surface area contributed by atoms with Crippen LogP contribution in [-0.2, 0) is 28.4 Å². The van der Waals surface area contributed by atoms with Gasteiger partial charge in [0, 0.05) is 26.7 Å². The van der Waals surface area contributed by atoms with Crippen molar-refractivity contribution < 1.29 is 28.4 Å². The zero-order valence-electron chi connectivity index (χ0n) is 25.8. The molecule has 0 saturated carbocycles. The molecule has 0 amide bonds. The lowest BCUT2D eigenvalue weighted by Crippen LogP contribution is -2.66. The van der Waals surface area contributed by atoms with Gasteiger partial charge in [-0.1, -0.05) is 78.6 Å². The number of unbranched alkanes of at least 4 members (excludes halogenated alkanes) is 9. The Balaban J connectivity index is 6.00. The van der Waals surface area contributed by atoms with E-state index in [0.29, 0.717) is 26.2 Å². The van der Waals surface area contributed by atoms with Crippen molar-refractivity contribution in [3.63, 3.8) is 0 Å². The Hall–Kier alpha value is -0.240. The standard InChI is InChI=1S/C30H62O6/c1-11-15-18-19-20-21-22-23-24-29(31-10,34-26-17-13-3)30(32-14-4,35-27(5,6)7)36-28(8,9)33-25-16-12-2/h11-26H2,1-10H3. The van der Waals surface area contributed by atoms with Crippen LogP contribution in [0.4, 0.5) is 0 Å². The molecule has 218 valence electrons. The average Bonchev–Trinajstić information content (AvgIpc) is 2.78. The molecule has 0 heterocycles. The van der Waals surface area contributed by atoms with Crippen molar-refractivity contribution in [3.05, 3.63) is 0 Å². The Morgan fingerprint density at radius 1 is 0.528 bits per heavy atom. The summed E-state index contributed by atoms with van der Waals surface area (Å²) >= 11 is 0. The van der Waals surface area contributed by atoms with E-state index in [9.17, 15) is 0 Å². The quantitative estimate of drug-likeness (QED) is 0.0940. The normalized spacial score (nSPS) is 16.2. The molecule has 0 rings (SSSR count). The zero-order valence-corrected chi connectivity index (χ0v) is 25.8. The molecule has 0 aromatic carbocycles. The average molecular weight is 519 g/mol. The van der Waals surface area contributed by atoms with Crippen molar-refractivity contribution in [1.29, 1.82) is 0 Å². The second kappa shape index (κ2) is 18.9. The third-order valence-corrected chi connectivity index (χ3v) is 6.09. The Kier molecular flexibility index (Phi) is 18.8. The topological polar surface area (TPSA) is 55.4 Å². The fourth-order valence-corrected chi connectivity index (χ4v) is 4.23. The van der Waals surface area contributed by atoms with Gasteiger partial charge in [0.2, 0.25) is 0 Å². The lowest BCUT2D eigenvalue weighted by atomic mass is 10.0. The summed E-state index contributed by atoms with van der Waals surface area (Å²) in [4.78, 5) is 0. The van der Waals surface area contributed by atoms with Crippen LogP contribution in [0.1, 0.15) is 146 Å². The highest BCUT2D eigenvalue weighted by atomic mass is 16.9. The van der Waals surface area contributed by atoms with Gasteiger partial charge in [0.25, 0.3) is 5.79 Å². The van der Waals surface area contributed by atoms with Crippen LogP contribution in [0, 0.1) is 0 Å². The van der Waals surface area contributed by atoms with Gasteiger partial charge in [-0.15, -0.1) is 0 Å². The minimum absolute atomic E-state index is 0.376. The van der Waals surface area contributed by atoms with Crippen molar-refractivity contribution in [2.75, 3.05) is 26.9 Å². The number of hydrogen-bond donors (Lipinski definition) is 0. The van der Waals surface area contributed by atoms with Crippen molar-refractivity contribution in [2.45, 2.75) is 169 Å². The number of ether oxygens (including phenoxy) is 6. The van der Waals surface area contributed by atoms with E-state index in [1.54, 1.807) is 7.11 Å². The second-order valence-electron chi connectivity index (χ2n) is 11.3. The van der Waals surface area contributed by atoms with Crippen molar-refractivity contribution in [1.82, 2.24) is 0 Å². The van der Waals surface area contributed by atoms with E-state index >= 15 is 0 Å². The fourth-order valence-electron chi connectivity index (χ4n) is 4.23. The summed E-state index contributed by atoms with van der Waals surface area (Å²) in [5.74, 6) is -3.80. The second-order valence-corrected chi connectivity index (χ2v) is 11.3. The molecule has 2 atom stereocenters. The maximum Gasteiger partial charge on any atom is 0.343 e. The van der Waals surface area contributed by atoms with Gasteiger partial charge in [-0.25, -0.2) is 0 Å². The van der Waals surface area contributed by atoms with E-state index in [0.717, 1.165) is 38.5 Å². The molecule has 0 aliphatic carbocycles. The highest BCUT2D eigenvalue weighted by molar-refractivity contribution is 4.87. The van der Waals surface area contributed by atoms with Gasteiger partial charge < -0.3 is 23.7 Å². The smallest absolute Gasteiger partial charge is 0.343 e. The molecule has 0 spiro atoms. The Morgan fingerprint density at radius 3 is 1.50 bits per heavy atom. The highest BCUT2D eigenvalue weighted by Crippen LogP contribution is 2.43. The molecule has 0 N–H and O–H groups in total. The summed E-state index contributed by atoms with van der Waals surface area (Å²) in [7, 11) is 1.67. The minimum Gasteiger partial charge on any atom is -0.350 e. The first-order valence-electron chi connectivity index (χ1n) is 14.8. The molecule has 0 aromatic heterocycles. The first kappa shape index (κ1) is 35.8. The summed E-state index contributed by atoms with van der Waals surface area (Å²) in [6.07, 6.45) is 14.3. The molecule has 36 heavy (non-hydrogen) atoms. The molecule has 0 bridgehead atoms. The van der Waals surface area contributed by atoms with Crippen LogP contribution in [0.15, 0.2) is 0 Å². The molecule has 6 heteroatoms. The molecule has 2 unspecified atom stereocenters. The van der Waals surface area contributed by atoms with Crippen LogP contribution in [0.25, 0.3) is 0 Å². The third-order valence-electron chi connectivity index (χ3n) is 6.09. The minimum atomic E-state index is -1.60. The van der Waals surface area contributed by atoms with Gasteiger partial charge in [0.05, 0.1) is 12.2 Å². The Morgan fingerprint density at radius 2 is 1.03 bits per heavy atom. The first-order valence-corrected chi connectivity index (χ1v) is 14.8. The molecular weight excluding hydrogens is 456 g/mol. The predicted octanol–water partition coefficient (Wildman–Crippen LogP) is 8.75. The fraction of sp³-hybridized carbons (Fsp3) is 1.00. The van der Waals surface area contributed by atoms with E-state index in [1.165, 1.54) is 38.5 Å². The van der Waals surface area contributed by atoms with Crippen LogP contribution >= 0.6 is 0 Å². The zero-order chi connectivity index (χ0) is 27.6. The Bertz CT molecular complexity index is 518. The van der Waals surface area contributed by atoms with Gasteiger partial charge in [-0.2, -0.15) is 0 Å². The van der Waals surface area contributed by atoms with Gasteiger partial charge in [-0.3, -0.25) is 4.74 Å². The van der Waals surface area contributed by atoms with E-state index in [2.05, 4.69) is 20.8 Å². The van der Waals surface area contributed by atoms with Gasteiger partial charge in [0.1, 0.15) is 0 Å². The van der Waals surface area contributed by atoms with E-state index in [1.807, 2.05) is 41.5 Å². The molecule has 0 radical (unpaired) electrons. The molecule has 0 aromatic rings. The van der Waals surface area contributed by atoms with E-state index in [-0.39, 0.29) is 0 Å². The largest absolute Gasteiger partial charge is 0.350 e. The van der Waals surface area contributed by atoms with Crippen LogP contribution in [0.5, 0.6) is 0 Å². The number of hydrogen-bond acceptors (Lipinski definition) is 6. The lowest BCUT2D eigenvalue weighted by Gasteiger charge is -2.51. The predicted molar refractivity (Wildman–Crippen MR) is 149 cm³/mol. The summed E-state index contributed by atoms with van der Waals surface area (Å²) < 4.78 is 38.6. The third kappa shape index (κ3) is 14.1. The maximum absolute atomic E-state index is 6.68. The number of methoxy groups -OCH3 is 1. The molecule has 0 saturated heterocycles. The first-order chi connectivity index (χ1) is 17.0. The molecular formula is C30H62O6. The highest BCUT2D eigenvalue weighted by Gasteiger charge is 2.61.